The molecule has 0 spiro atoms. The highest BCUT2D eigenvalue weighted by Gasteiger charge is 2.27. The Balaban J connectivity index is 1.69. The molecule has 2 aromatic rings. The first kappa shape index (κ1) is 19.2. The molecule has 0 aromatic heterocycles. The molecule has 0 amide bonds. The van der Waals surface area contributed by atoms with Crippen molar-refractivity contribution in [3.05, 3.63) is 71.8 Å². The Labute approximate surface area is 160 Å². The molecule has 1 saturated heterocycles. The zero-order chi connectivity index (χ0) is 18.9. The van der Waals surface area contributed by atoms with Crippen LogP contribution < -0.4 is 0 Å². The van der Waals surface area contributed by atoms with E-state index in [0.29, 0.717) is 18.8 Å². The van der Waals surface area contributed by atoms with Crippen molar-refractivity contribution in [3.63, 3.8) is 0 Å². The molecule has 1 aliphatic rings. The van der Waals surface area contributed by atoms with Crippen LogP contribution in [-0.4, -0.2) is 31.6 Å². The fraction of sp³-hybridized carbons (Fsp3) is 0.348. The Bertz CT molecular complexity index is 745. The Morgan fingerprint density at radius 3 is 2.33 bits per heavy atom. The molecule has 2 aromatic carbocycles. The number of ether oxygens (including phenoxy) is 3. The molecule has 1 aliphatic heterocycles. The van der Waals surface area contributed by atoms with Gasteiger partial charge in [-0.3, -0.25) is 0 Å². The van der Waals surface area contributed by atoms with E-state index in [1.54, 1.807) is 24.3 Å². The second-order valence-corrected chi connectivity index (χ2v) is 6.56. The first-order chi connectivity index (χ1) is 13.3. The molecule has 0 N–H and O–H groups in total. The maximum atomic E-state index is 12.5. The van der Waals surface area contributed by atoms with Crippen LogP contribution in [0.5, 0.6) is 0 Å². The minimum atomic E-state index is -0.612. The van der Waals surface area contributed by atoms with E-state index in [2.05, 4.69) is 18.1 Å². The van der Waals surface area contributed by atoms with Gasteiger partial charge in [0.1, 0.15) is 0 Å². The van der Waals surface area contributed by atoms with Crippen molar-refractivity contribution < 1.29 is 19.0 Å². The van der Waals surface area contributed by atoms with Crippen LogP contribution in [0, 0.1) is 18.3 Å². The number of esters is 1. The van der Waals surface area contributed by atoms with E-state index in [0.717, 1.165) is 24.8 Å². The summed E-state index contributed by atoms with van der Waals surface area (Å²) >= 11 is 0. The monoisotopic (exact) mass is 364 g/mol. The zero-order valence-electron chi connectivity index (χ0n) is 15.3. The molecule has 4 heteroatoms. The van der Waals surface area contributed by atoms with Gasteiger partial charge in [0.15, 0.2) is 12.4 Å². The van der Waals surface area contributed by atoms with E-state index in [-0.39, 0.29) is 12.2 Å². The van der Waals surface area contributed by atoms with Crippen LogP contribution in [-0.2, 0) is 20.6 Å². The van der Waals surface area contributed by atoms with E-state index in [1.165, 1.54) is 0 Å². The summed E-state index contributed by atoms with van der Waals surface area (Å²) in [5, 5.41) is 0. The molecule has 2 atom stereocenters. The lowest BCUT2D eigenvalue weighted by atomic mass is 9.89. The molecule has 140 valence electrons. The molecular weight excluding hydrogens is 340 g/mol. The Kier molecular flexibility index (Phi) is 7.04. The van der Waals surface area contributed by atoms with Crippen LogP contribution in [0.15, 0.2) is 60.7 Å². The summed E-state index contributed by atoms with van der Waals surface area (Å²) in [6, 6.07) is 19.0. The summed E-state index contributed by atoms with van der Waals surface area (Å²) in [4.78, 5) is 12.5. The Morgan fingerprint density at radius 2 is 1.70 bits per heavy atom. The number of carbonyl (C=O) groups excluding carboxylic acids is 1. The number of hydrogen-bond donors (Lipinski definition) is 0. The third-order valence-electron chi connectivity index (χ3n) is 4.64. The van der Waals surface area contributed by atoms with Crippen molar-refractivity contribution in [3.8, 4) is 12.3 Å². The van der Waals surface area contributed by atoms with Crippen LogP contribution in [0.4, 0.5) is 0 Å². The first-order valence-electron chi connectivity index (χ1n) is 9.25. The van der Waals surface area contributed by atoms with Crippen LogP contribution in [0.25, 0.3) is 0 Å². The third kappa shape index (κ3) is 5.68. The molecule has 0 aliphatic carbocycles. The highest BCUT2D eigenvalue weighted by Crippen LogP contribution is 2.24. The van der Waals surface area contributed by atoms with Crippen LogP contribution in [0.3, 0.4) is 0 Å². The van der Waals surface area contributed by atoms with Gasteiger partial charge in [-0.15, -0.1) is 6.42 Å². The summed E-state index contributed by atoms with van der Waals surface area (Å²) in [7, 11) is 0. The van der Waals surface area contributed by atoms with Gasteiger partial charge in [-0.1, -0.05) is 54.5 Å². The highest BCUT2D eigenvalue weighted by atomic mass is 16.7. The van der Waals surface area contributed by atoms with Gasteiger partial charge in [0.2, 0.25) is 0 Å². The molecule has 0 radical (unpaired) electrons. The van der Waals surface area contributed by atoms with Crippen LogP contribution >= 0.6 is 0 Å². The quantitative estimate of drug-likeness (QED) is 0.527. The summed E-state index contributed by atoms with van der Waals surface area (Å²) in [6.07, 6.45) is 7.13. The van der Waals surface area contributed by atoms with E-state index >= 15 is 0 Å². The summed E-state index contributed by atoms with van der Waals surface area (Å²) in [5.41, 5.74) is 1.66. The topological polar surface area (TPSA) is 44.8 Å². The molecule has 1 fully saturated rings. The maximum Gasteiger partial charge on any atom is 0.339 e. The minimum Gasteiger partial charge on any atom is -0.445 e. The molecule has 27 heavy (non-hydrogen) atoms. The Hall–Kier alpha value is -2.61. The van der Waals surface area contributed by atoms with E-state index in [1.807, 2.05) is 24.3 Å². The van der Waals surface area contributed by atoms with Gasteiger partial charge in [0.05, 0.1) is 18.8 Å². The van der Waals surface area contributed by atoms with Gasteiger partial charge in [0, 0.05) is 5.92 Å². The van der Waals surface area contributed by atoms with Crippen molar-refractivity contribution in [2.45, 2.75) is 31.7 Å². The number of carbonyl (C=O) groups is 1. The fourth-order valence-corrected chi connectivity index (χ4v) is 3.23. The molecule has 4 nitrogen and oxygen atoms in total. The van der Waals surface area contributed by atoms with Gasteiger partial charge < -0.3 is 14.2 Å². The van der Waals surface area contributed by atoms with E-state index < -0.39 is 12.1 Å². The summed E-state index contributed by atoms with van der Waals surface area (Å²) in [6.45, 7) is 1.24. The normalized spacial score (nSPS) is 16.4. The molecule has 0 bridgehead atoms. The average Bonchev–Trinajstić information content (AvgIpc) is 3.24. The van der Waals surface area contributed by atoms with Crippen LogP contribution in [0.1, 0.15) is 28.8 Å². The predicted molar refractivity (Wildman–Crippen MR) is 103 cm³/mol. The van der Waals surface area contributed by atoms with E-state index in [4.69, 9.17) is 20.6 Å². The minimum absolute atomic E-state index is 0.0159. The number of rotatable bonds is 8. The highest BCUT2D eigenvalue weighted by molar-refractivity contribution is 5.89. The summed E-state index contributed by atoms with van der Waals surface area (Å²) in [5.74, 6) is 2.26. The molecular formula is C23H24O4. The molecule has 0 saturated carbocycles. The van der Waals surface area contributed by atoms with Gasteiger partial charge in [-0.05, 0) is 37.0 Å². The van der Waals surface area contributed by atoms with E-state index in [9.17, 15) is 4.79 Å². The van der Waals surface area contributed by atoms with Crippen molar-refractivity contribution in [1.29, 1.82) is 0 Å². The van der Waals surface area contributed by atoms with Crippen molar-refractivity contribution in [2.75, 3.05) is 13.2 Å². The van der Waals surface area contributed by atoms with Gasteiger partial charge in [0.25, 0.3) is 0 Å². The lowest BCUT2D eigenvalue weighted by Gasteiger charge is -2.24. The zero-order valence-corrected chi connectivity index (χ0v) is 15.3. The molecule has 1 heterocycles. The predicted octanol–water partition coefficient (Wildman–Crippen LogP) is 3.86. The van der Waals surface area contributed by atoms with Gasteiger partial charge >= 0.3 is 5.97 Å². The average molecular weight is 364 g/mol. The maximum absolute atomic E-state index is 12.5. The summed E-state index contributed by atoms with van der Waals surface area (Å²) < 4.78 is 16.8. The Morgan fingerprint density at radius 1 is 1.07 bits per heavy atom. The smallest absolute Gasteiger partial charge is 0.339 e. The number of terminal acetylenes is 1. The lowest BCUT2D eigenvalue weighted by Crippen LogP contribution is -2.28. The van der Waals surface area contributed by atoms with Gasteiger partial charge in [-0.2, -0.15) is 0 Å². The first-order valence-corrected chi connectivity index (χ1v) is 9.25. The SMILES string of the molecule is C#CC(OC(=O)c1ccccc1)C(CCC1OCCO1)Cc1ccccc1. The standard InChI is InChI=1S/C23H24O4/c1-2-21(27-23(24)19-11-7-4-8-12-19)20(13-14-22-25-15-16-26-22)17-18-9-5-3-6-10-18/h1,3-12,20-22H,13-17H2. The fourth-order valence-electron chi connectivity index (χ4n) is 3.23. The lowest BCUT2D eigenvalue weighted by molar-refractivity contribution is -0.0530. The molecule has 3 rings (SSSR count). The van der Waals surface area contributed by atoms with Gasteiger partial charge in [-0.25, -0.2) is 4.79 Å². The van der Waals surface area contributed by atoms with Crippen molar-refractivity contribution >= 4 is 5.97 Å². The van der Waals surface area contributed by atoms with Crippen LogP contribution in [0.2, 0.25) is 0 Å². The second-order valence-electron chi connectivity index (χ2n) is 6.56. The van der Waals surface area contributed by atoms with Crippen molar-refractivity contribution in [1.82, 2.24) is 0 Å². The van der Waals surface area contributed by atoms with Crippen molar-refractivity contribution in [2.24, 2.45) is 5.92 Å². The number of hydrogen-bond acceptors (Lipinski definition) is 4. The number of benzene rings is 2. The second kappa shape index (κ2) is 9.91. The molecule has 2 unspecified atom stereocenters. The third-order valence-corrected chi connectivity index (χ3v) is 4.64. The largest absolute Gasteiger partial charge is 0.445 e.